The Balaban J connectivity index is 1.72. The Bertz CT molecular complexity index is 1620. The number of para-hydroxylation sites is 2. The second kappa shape index (κ2) is 8.93. The van der Waals surface area contributed by atoms with E-state index in [1.807, 2.05) is 84.9 Å². The van der Waals surface area contributed by atoms with Gasteiger partial charge in [0, 0.05) is 23.4 Å². The molecule has 3 aromatic carbocycles. The lowest BCUT2D eigenvalue weighted by molar-refractivity contribution is -0.121. The normalized spacial score (nSPS) is 17.9. The summed E-state index contributed by atoms with van der Waals surface area (Å²) in [5.74, 6) is 0.424. The summed E-state index contributed by atoms with van der Waals surface area (Å²) < 4.78 is 7.84. The number of benzene rings is 3. The molecule has 2 aliphatic rings. The van der Waals surface area contributed by atoms with E-state index in [-0.39, 0.29) is 17.4 Å². The molecule has 7 heteroatoms. The molecule has 188 valence electrons. The number of amides is 1. The van der Waals surface area contributed by atoms with E-state index in [9.17, 15) is 10.1 Å². The molecule has 1 aromatic heterocycles. The van der Waals surface area contributed by atoms with Crippen LogP contribution in [0.1, 0.15) is 31.4 Å². The number of hydrogen-bond donors (Lipinski definition) is 1. The first-order valence-corrected chi connectivity index (χ1v) is 12.7. The Morgan fingerprint density at radius 1 is 1.00 bits per heavy atom. The van der Waals surface area contributed by atoms with Crippen LogP contribution < -0.4 is 15.4 Å². The minimum absolute atomic E-state index is 0.0827. The second-order valence-electron chi connectivity index (χ2n) is 10.0. The molecule has 6 rings (SSSR count). The number of fused-ring (bicyclic) bond motifs is 4. The fraction of sp³-hybridized carbons (Fsp3) is 0.194. The molecule has 1 atom stereocenters. The summed E-state index contributed by atoms with van der Waals surface area (Å²) >= 11 is 0. The van der Waals surface area contributed by atoms with Gasteiger partial charge >= 0.3 is 0 Å². The largest absolute Gasteiger partial charge is 0.422 e. The van der Waals surface area contributed by atoms with Crippen molar-refractivity contribution in [2.24, 2.45) is 11.7 Å². The summed E-state index contributed by atoms with van der Waals surface area (Å²) in [6.45, 7) is 4.78. The Kier molecular flexibility index (Phi) is 5.54. The lowest BCUT2D eigenvalue weighted by atomic mass is 9.68. The molecule has 0 aliphatic carbocycles. The number of nitriles is 1. The van der Waals surface area contributed by atoms with Crippen LogP contribution in [0.25, 0.3) is 16.9 Å². The Labute approximate surface area is 221 Å². The maximum absolute atomic E-state index is 14.8. The summed E-state index contributed by atoms with van der Waals surface area (Å²) in [6.07, 6.45) is 0.815. The highest BCUT2D eigenvalue weighted by Gasteiger charge is 2.61. The Morgan fingerprint density at radius 3 is 2.34 bits per heavy atom. The van der Waals surface area contributed by atoms with Gasteiger partial charge in [-0.05, 0) is 30.5 Å². The van der Waals surface area contributed by atoms with Crippen LogP contribution >= 0.6 is 0 Å². The molecular formula is C31H27N5O2. The number of rotatable bonds is 5. The molecule has 0 unspecified atom stereocenters. The van der Waals surface area contributed by atoms with E-state index in [0.29, 0.717) is 35.2 Å². The molecule has 2 aliphatic heterocycles. The van der Waals surface area contributed by atoms with Crippen LogP contribution in [0.15, 0.2) is 96.4 Å². The molecule has 0 saturated heterocycles. The molecule has 4 aromatic rings. The summed E-state index contributed by atoms with van der Waals surface area (Å²) in [4.78, 5) is 16.5. The molecule has 3 heterocycles. The van der Waals surface area contributed by atoms with Crippen LogP contribution in [0.2, 0.25) is 0 Å². The number of carbonyl (C=O) groups is 1. The highest BCUT2D eigenvalue weighted by molar-refractivity contribution is 6.15. The third-order valence-electron chi connectivity index (χ3n) is 7.30. The first-order valence-electron chi connectivity index (χ1n) is 12.7. The third-order valence-corrected chi connectivity index (χ3v) is 7.30. The van der Waals surface area contributed by atoms with Crippen LogP contribution in [0.4, 0.5) is 5.69 Å². The average molecular weight is 502 g/mol. The van der Waals surface area contributed by atoms with Gasteiger partial charge in [-0.15, -0.1) is 0 Å². The summed E-state index contributed by atoms with van der Waals surface area (Å²) in [5.41, 5.74) is 9.21. The average Bonchev–Trinajstić information content (AvgIpc) is 3.43. The first kappa shape index (κ1) is 23.6. The van der Waals surface area contributed by atoms with Crippen LogP contribution in [-0.2, 0) is 10.2 Å². The minimum atomic E-state index is -1.49. The predicted molar refractivity (Wildman–Crippen MR) is 145 cm³/mol. The van der Waals surface area contributed by atoms with E-state index in [4.69, 9.17) is 15.6 Å². The van der Waals surface area contributed by atoms with E-state index >= 15 is 0 Å². The molecule has 1 spiro atoms. The standard InChI is InChI=1S/C31H27N5O2/c1-20(2)17-18-35-25-16-10-9-15-23(25)31(30(35)37)24(19-32)28(33)38-29-26(31)27(21-11-5-3-6-12-21)34-36(29)22-13-7-4-8-14-22/h3-16,20H,17-18,33H2,1-2H3/t31-/m1/s1. The van der Waals surface area contributed by atoms with Gasteiger partial charge in [0.15, 0.2) is 0 Å². The van der Waals surface area contributed by atoms with Crippen molar-refractivity contribution in [1.82, 2.24) is 9.78 Å². The summed E-state index contributed by atoms with van der Waals surface area (Å²) in [5, 5.41) is 15.5. The van der Waals surface area contributed by atoms with Gasteiger partial charge in [-0.25, -0.2) is 0 Å². The van der Waals surface area contributed by atoms with E-state index in [2.05, 4.69) is 19.9 Å². The van der Waals surface area contributed by atoms with Crippen molar-refractivity contribution in [3.63, 3.8) is 0 Å². The van der Waals surface area contributed by atoms with E-state index in [0.717, 1.165) is 23.4 Å². The molecule has 0 bridgehead atoms. The smallest absolute Gasteiger partial charge is 0.247 e. The van der Waals surface area contributed by atoms with Gasteiger partial charge < -0.3 is 15.4 Å². The Morgan fingerprint density at radius 2 is 1.66 bits per heavy atom. The zero-order valence-electron chi connectivity index (χ0n) is 21.3. The number of nitrogens with zero attached hydrogens (tertiary/aromatic N) is 4. The monoisotopic (exact) mass is 501 g/mol. The fourth-order valence-electron chi connectivity index (χ4n) is 5.53. The topological polar surface area (TPSA) is 97.2 Å². The number of aromatic nitrogens is 2. The van der Waals surface area contributed by atoms with Crippen LogP contribution in [0.5, 0.6) is 5.88 Å². The van der Waals surface area contributed by atoms with Crippen LogP contribution in [0, 0.1) is 17.2 Å². The van der Waals surface area contributed by atoms with Crippen molar-refractivity contribution in [3.8, 4) is 28.9 Å². The van der Waals surface area contributed by atoms with Gasteiger partial charge in [0.2, 0.25) is 17.7 Å². The maximum atomic E-state index is 14.8. The number of nitrogens with two attached hydrogens (primary N) is 1. The SMILES string of the molecule is CC(C)CCN1C(=O)[C@@]2(C(C#N)=C(N)Oc3c2c(-c2ccccc2)nn3-c2ccccc2)c2ccccc21. The van der Waals surface area contributed by atoms with Crippen LogP contribution in [0.3, 0.4) is 0 Å². The van der Waals surface area contributed by atoms with E-state index in [1.54, 1.807) is 9.58 Å². The second-order valence-corrected chi connectivity index (χ2v) is 10.0. The maximum Gasteiger partial charge on any atom is 0.247 e. The molecule has 7 nitrogen and oxygen atoms in total. The van der Waals surface area contributed by atoms with Crippen molar-refractivity contribution in [2.75, 3.05) is 11.4 Å². The summed E-state index contributed by atoms with van der Waals surface area (Å²) in [7, 11) is 0. The number of ether oxygens (including phenoxy) is 1. The molecule has 2 N–H and O–H groups in total. The van der Waals surface area contributed by atoms with Gasteiger partial charge in [0.05, 0.1) is 11.3 Å². The molecule has 38 heavy (non-hydrogen) atoms. The quantitative estimate of drug-likeness (QED) is 0.400. The molecule has 0 saturated carbocycles. The van der Waals surface area contributed by atoms with Gasteiger partial charge in [0.25, 0.3) is 0 Å². The predicted octanol–water partition coefficient (Wildman–Crippen LogP) is 5.30. The van der Waals surface area contributed by atoms with E-state index in [1.165, 1.54) is 0 Å². The lowest BCUT2D eigenvalue weighted by Crippen LogP contribution is -2.46. The van der Waals surface area contributed by atoms with Crippen molar-refractivity contribution in [2.45, 2.75) is 25.7 Å². The van der Waals surface area contributed by atoms with Gasteiger partial charge in [-0.1, -0.05) is 80.6 Å². The first-order chi connectivity index (χ1) is 18.5. The Hall–Kier alpha value is -4.83. The van der Waals surface area contributed by atoms with Gasteiger partial charge in [-0.2, -0.15) is 15.0 Å². The van der Waals surface area contributed by atoms with Crippen molar-refractivity contribution in [1.29, 1.82) is 5.26 Å². The van der Waals surface area contributed by atoms with Crippen molar-refractivity contribution >= 4 is 11.6 Å². The molecule has 0 radical (unpaired) electrons. The fourth-order valence-corrected chi connectivity index (χ4v) is 5.53. The summed E-state index contributed by atoms with van der Waals surface area (Å²) in [6, 6.07) is 29.2. The van der Waals surface area contributed by atoms with Crippen molar-refractivity contribution < 1.29 is 9.53 Å². The third kappa shape index (κ3) is 3.27. The van der Waals surface area contributed by atoms with Gasteiger partial charge in [-0.3, -0.25) is 4.79 Å². The zero-order valence-corrected chi connectivity index (χ0v) is 21.3. The molecule has 0 fully saturated rings. The zero-order chi connectivity index (χ0) is 26.4. The van der Waals surface area contributed by atoms with Gasteiger partial charge in [0.1, 0.15) is 22.8 Å². The minimum Gasteiger partial charge on any atom is -0.422 e. The lowest BCUT2D eigenvalue weighted by Gasteiger charge is -2.33. The molecule has 1 amide bonds. The number of carbonyl (C=O) groups excluding carboxylic acids is 1. The van der Waals surface area contributed by atoms with E-state index < -0.39 is 5.41 Å². The van der Waals surface area contributed by atoms with Crippen LogP contribution in [-0.4, -0.2) is 22.2 Å². The highest BCUT2D eigenvalue weighted by Crippen LogP contribution is 2.57. The number of hydrogen-bond acceptors (Lipinski definition) is 5. The number of anilines is 1. The highest BCUT2D eigenvalue weighted by atomic mass is 16.5. The van der Waals surface area contributed by atoms with Crippen molar-refractivity contribution in [3.05, 3.63) is 108 Å². The molecular weight excluding hydrogens is 474 g/mol.